The van der Waals surface area contributed by atoms with Crippen LogP contribution >= 0.6 is 0 Å². The molecule has 2 N–H and O–H groups in total. The van der Waals surface area contributed by atoms with E-state index in [4.69, 9.17) is 4.74 Å². The van der Waals surface area contributed by atoms with E-state index in [9.17, 15) is 4.79 Å². The SMILES string of the molecule is Cc1c(C(=O)NCCNc2cc(N3CCOCC3)cnn2)cnn1-c1ccccc1. The third kappa shape index (κ3) is 4.57. The average Bonchev–Trinajstić information content (AvgIpc) is 3.19. The molecule has 0 radical (unpaired) electrons. The molecule has 2 aromatic heterocycles. The lowest BCUT2D eigenvalue weighted by Crippen LogP contribution is -2.36. The summed E-state index contributed by atoms with van der Waals surface area (Å²) in [5.74, 6) is 0.533. The van der Waals surface area contributed by atoms with Crippen molar-refractivity contribution in [1.82, 2.24) is 25.3 Å². The summed E-state index contributed by atoms with van der Waals surface area (Å²) in [7, 11) is 0. The molecule has 1 amide bonds. The lowest BCUT2D eigenvalue weighted by Gasteiger charge is -2.28. The van der Waals surface area contributed by atoms with Crippen molar-refractivity contribution in [2.75, 3.05) is 49.6 Å². The second-order valence-electron chi connectivity index (χ2n) is 6.97. The first-order valence-corrected chi connectivity index (χ1v) is 10.00. The van der Waals surface area contributed by atoms with Gasteiger partial charge in [0.25, 0.3) is 5.91 Å². The van der Waals surface area contributed by atoms with E-state index in [-0.39, 0.29) is 5.91 Å². The average molecular weight is 407 g/mol. The number of benzene rings is 1. The molecule has 156 valence electrons. The first-order chi connectivity index (χ1) is 14.7. The first kappa shape index (κ1) is 19.8. The van der Waals surface area contributed by atoms with Crippen LogP contribution in [0.4, 0.5) is 11.5 Å². The Morgan fingerprint density at radius 3 is 2.70 bits per heavy atom. The molecule has 1 aliphatic rings. The van der Waals surface area contributed by atoms with Crippen LogP contribution in [0.2, 0.25) is 0 Å². The Hall–Kier alpha value is -3.46. The van der Waals surface area contributed by atoms with Gasteiger partial charge < -0.3 is 20.3 Å². The van der Waals surface area contributed by atoms with Crippen LogP contribution in [0.25, 0.3) is 5.69 Å². The minimum Gasteiger partial charge on any atom is -0.378 e. The predicted octanol–water partition coefficient (Wildman–Crippen LogP) is 1.65. The number of carbonyl (C=O) groups excluding carboxylic acids is 1. The van der Waals surface area contributed by atoms with Crippen LogP contribution in [0.5, 0.6) is 0 Å². The molecule has 0 saturated carbocycles. The Labute approximate surface area is 175 Å². The fourth-order valence-electron chi connectivity index (χ4n) is 3.36. The number of morpholine rings is 1. The quantitative estimate of drug-likeness (QED) is 0.575. The van der Waals surface area contributed by atoms with Gasteiger partial charge in [0.1, 0.15) is 0 Å². The van der Waals surface area contributed by atoms with E-state index >= 15 is 0 Å². The molecule has 0 aliphatic carbocycles. The molecule has 0 spiro atoms. The van der Waals surface area contributed by atoms with E-state index in [0.717, 1.165) is 43.4 Å². The fourth-order valence-corrected chi connectivity index (χ4v) is 3.36. The minimum atomic E-state index is -0.148. The predicted molar refractivity (Wildman–Crippen MR) is 114 cm³/mol. The van der Waals surface area contributed by atoms with Gasteiger partial charge in [0, 0.05) is 32.2 Å². The van der Waals surface area contributed by atoms with E-state index in [2.05, 4.69) is 30.8 Å². The lowest BCUT2D eigenvalue weighted by molar-refractivity contribution is 0.0954. The highest BCUT2D eigenvalue weighted by atomic mass is 16.5. The highest BCUT2D eigenvalue weighted by Gasteiger charge is 2.15. The molecule has 0 atom stereocenters. The van der Waals surface area contributed by atoms with Crippen molar-refractivity contribution in [3.63, 3.8) is 0 Å². The third-order valence-electron chi connectivity index (χ3n) is 4.99. The summed E-state index contributed by atoms with van der Waals surface area (Å²) in [6, 6.07) is 11.7. The Bertz CT molecular complexity index is 984. The summed E-state index contributed by atoms with van der Waals surface area (Å²) < 4.78 is 7.15. The monoisotopic (exact) mass is 407 g/mol. The molecular weight excluding hydrogens is 382 g/mol. The highest BCUT2D eigenvalue weighted by Crippen LogP contribution is 2.17. The first-order valence-electron chi connectivity index (χ1n) is 10.00. The van der Waals surface area contributed by atoms with Crippen molar-refractivity contribution < 1.29 is 9.53 Å². The molecule has 0 bridgehead atoms. The van der Waals surface area contributed by atoms with Crippen molar-refractivity contribution in [2.24, 2.45) is 0 Å². The number of amides is 1. The van der Waals surface area contributed by atoms with Gasteiger partial charge in [-0.05, 0) is 19.1 Å². The van der Waals surface area contributed by atoms with Crippen molar-refractivity contribution in [3.05, 3.63) is 60.0 Å². The number of ether oxygens (including phenoxy) is 1. The van der Waals surface area contributed by atoms with Gasteiger partial charge in [0.05, 0.1) is 48.2 Å². The molecule has 1 fully saturated rings. The maximum atomic E-state index is 12.5. The Morgan fingerprint density at radius 2 is 1.90 bits per heavy atom. The zero-order valence-electron chi connectivity index (χ0n) is 16.9. The molecule has 3 heterocycles. The molecular formula is C21H25N7O2. The highest BCUT2D eigenvalue weighted by molar-refractivity contribution is 5.95. The van der Waals surface area contributed by atoms with Crippen molar-refractivity contribution >= 4 is 17.4 Å². The molecule has 9 nitrogen and oxygen atoms in total. The van der Waals surface area contributed by atoms with Gasteiger partial charge in [0.2, 0.25) is 0 Å². The summed E-state index contributed by atoms with van der Waals surface area (Å²) in [5, 5.41) is 18.7. The van der Waals surface area contributed by atoms with Gasteiger partial charge >= 0.3 is 0 Å². The number of para-hydroxylation sites is 1. The standard InChI is InChI=1S/C21H25N7O2/c1-16-19(15-25-28(16)17-5-3-2-4-6-17)21(29)23-8-7-22-20-13-18(14-24-26-20)27-9-11-30-12-10-27/h2-6,13-15H,7-12H2,1H3,(H,22,26)(H,23,29). The maximum Gasteiger partial charge on any atom is 0.254 e. The number of hydrogen-bond acceptors (Lipinski definition) is 7. The Kier molecular flexibility index (Phi) is 6.19. The number of nitrogens with one attached hydrogen (secondary N) is 2. The van der Waals surface area contributed by atoms with Crippen molar-refractivity contribution in [2.45, 2.75) is 6.92 Å². The summed E-state index contributed by atoms with van der Waals surface area (Å²) >= 11 is 0. The smallest absolute Gasteiger partial charge is 0.254 e. The summed E-state index contributed by atoms with van der Waals surface area (Å²) in [5.41, 5.74) is 3.31. The Balaban J connectivity index is 1.29. The van der Waals surface area contributed by atoms with Crippen LogP contribution in [-0.2, 0) is 4.74 Å². The minimum absolute atomic E-state index is 0.148. The van der Waals surface area contributed by atoms with E-state index in [1.807, 2.05) is 43.3 Å². The lowest BCUT2D eigenvalue weighted by atomic mass is 10.2. The van der Waals surface area contributed by atoms with Crippen molar-refractivity contribution in [3.8, 4) is 5.69 Å². The van der Waals surface area contributed by atoms with Crippen LogP contribution < -0.4 is 15.5 Å². The summed E-state index contributed by atoms with van der Waals surface area (Å²) in [4.78, 5) is 14.8. The van der Waals surface area contributed by atoms with Gasteiger partial charge in [-0.3, -0.25) is 4.79 Å². The molecule has 1 aromatic carbocycles. The van der Waals surface area contributed by atoms with Crippen molar-refractivity contribution in [1.29, 1.82) is 0 Å². The molecule has 4 rings (SSSR count). The van der Waals surface area contributed by atoms with Crippen LogP contribution in [0.3, 0.4) is 0 Å². The number of rotatable bonds is 7. The number of anilines is 2. The van der Waals surface area contributed by atoms with Gasteiger partial charge in [-0.25, -0.2) is 4.68 Å². The topological polar surface area (TPSA) is 97.2 Å². The number of aromatic nitrogens is 4. The van der Waals surface area contributed by atoms with Crippen LogP contribution in [0, 0.1) is 6.92 Å². The van der Waals surface area contributed by atoms with Gasteiger partial charge in [-0.2, -0.15) is 10.2 Å². The molecule has 1 aliphatic heterocycles. The van der Waals surface area contributed by atoms with Gasteiger partial charge in [-0.1, -0.05) is 18.2 Å². The normalized spacial score (nSPS) is 13.8. The number of hydrogen-bond donors (Lipinski definition) is 2. The second kappa shape index (κ2) is 9.36. The fraction of sp³-hybridized carbons (Fsp3) is 0.333. The van der Waals surface area contributed by atoms with Crippen LogP contribution in [0.1, 0.15) is 16.1 Å². The summed E-state index contributed by atoms with van der Waals surface area (Å²) in [6.07, 6.45) is 3.35. The zero-order chi connectivity index (χ0) is 20.8. The third-order valence-corrected chi connectivity index (χ3v) is 4.99. The molecule has 9 heteroatoms. The van der Waals surface area contributed by atoms with E-state index in [1.165, 1.54) is 0 Å². The summed E-state index contributed by atoms with van der Waals surface area (Å²) in [6.45, 7) is 6.01. The number of carbonyl (C=O) groups is 1. The molecule has 0 unspecified atom stereocenters. The van der Waals surface area contributed by atoms with E-state index in [1.54, 1.807) is 17.1 Å². The van der Waals surface area contributed by atoms with E-state index in [0.29, 0.717) is 24.5 Å². The molecule has 3 aromatic rings. The van der Waals surface area contributed by atoms with Gasteiger partial charge in [0.15, 0.2) is 5.82 Å². The molecule has 30 heavy (non-hydrogen) atoms. The van der Waals surface area contributed by atoms with Gasteiger partial charge in [-0.15, -0.1) is 5.10 Å². The second-order valence-corrected chi connectivity index (χ2v) is 6.97. The van der Waals surface area contributed by atoms with Crippen LogP contribution in [-0.4, -0.2) is 65.3 Å². The Morgan fingerprint density at radius 1 is 1.10 bits per heavy atom. The van der Waals surface area contributed by atoms with E-state index < -0.39 is 0 Å². The zero-order valence-corrected chi connectivity index (χ0v) is 16.9. The maximum absolute atomic E-state index is 12.5. The van der Waals surface area contributed by atoms with Crippen LogP contribution in [0.15, 0.2) is 48.8 Å². The number of nitrogens with zero attached hydrogens (tertiary/aromatic N) is 5. The largest absolute Gasteiger partial charge is 0.378 e. The molecule has 1 saturated heterocycles.